The van der Waals surface area contributed by atoms with Gasteiger partial charge >= 0.3 is 6.09 Å². The van der Waals surface area contributed by atoms with Crippen LogP contribution in [0.1, 0.15) is 69.3 Å². The van der Waals surface area contributed by atoms with E-state index in [9.17, 15) is 4.79 Å². The number of rotatable bonds is 2. The van der Waals surface area contributed by atoms with Crippen molar-refractivity contribution in [1.29, 1.82) is 0 Å². The minimum atomic E-state index is -0.647. The third kappa shape index (κ3) is 3.58. The van der Waals surface area contributed by atoms with Crippen molar-refractivity contribution in [3.05, 3.63) is 29.8 Å². The lowest BCUT2D eigenvalue weighted by Crippen LogP contribution is -2.59. The second-order valence-corrected chi connectivity index (χ2v) is 11.7. The summed E-state index contributed by atoms with van der Waals surface area (Å²) in [5, 5.41) is 3.26. The van der Waals surface area contributed by atoms with Crippen molar-refractivity contribution in [1.82, 2.24) is 10.2 Å². The van der Waals surface area contributed by atoms with Crippen LogP contribution in [0.15, 0.2) is 24.3 Å². The van der Waals surface area contributed by atoms with E-state index in [-0.39, 0.29) is 6.09 Å². The lowest BCUT2D eigenvalue weighted by atomic mass is 9.53. The van der Waals surface area contributed by atoms with Gasteiger partial charge < -0.3 is 19.7 Å². The van der Waals surface area contributed by atoms with Gasteiger partial charge in [0.15, 0.2) is 0 Å². The molecule has 2 atom stereocenters. The molecule has 5 aliphatic carbocycles. The largest absolute Gasteiger partial charge is 0.415 e. The molecule has 7 nitrogen and oxygen atoms in total. The van der Waals surface area contributed by atoms with Crippen molar-refractivity contribution in [2.24, 2.45) is 23.7 Å². The first-order valence-corrected chi connectivity index (χ1v) is 13.5. The lowest BCUT2D eigenvalue weighted by Gasteiger charge is -2.57. The molecule has 0 aromatic heterocycles. The summed E-state index contributed by atoms with van der Waals surface area (Å²) in [5.41, 5.74) is 1.18. The molecule has 7 heteroatoms. The van der Waals surface area contributed by atoms with Crippen molar-refractivity contribution in [2.75, 3.05) is 26.2 Å². The number of ether oxygens (including phenoxy) is 2. The number of nitrogens with one attached hydrogen (secondary N) is 1. The molecule has 2 aliphatic heterocycles. The molecule has 2 saturated heterocycles. The van der Waals surface area contributed by atoms with Crippen molar-refractivity contribution in [2.45, 2.75) is 75.3 Å². The molecule has 34 heavy (non-hydrogen) atoms. The number of carbonyl (C=O) groups excluding carboxylic acids is 1. The molecule has 1 N–H and O–H groups in total. The lowest BCUT2D eigenvalue weighted by molar-refractivity contribution is -0.390. The molecule has 7 fully saturated rings. The molecule has 7 aliphatic rings. The number of nitrogens with zero attached hydrogens (tertiary/aromatic N) is 1. The summed E-state index contributed by atoms with van der Waals surface area (Å²) in [4.78, 5) is 26.7. The number of piperazine rings is 1. The molecule has 4 bridgehead atoms. The predicted octanol–water partition coefficient (Wildman–Crippen LogP) is 4.58. The molecule has 1 aromatic carbocycles. The second kappa shape index (κ2) is 8.19. The van der Waals surface area contributed by atoms with Crippen LogP contribution >= 0.6 is 0 Å². The van der Waals surface area contributed by atoms with Crippen LogP contribution in [0.25, 0.3) is 0 Å². The Balaban J connectivity index is 1.06. The van der Waals surface area contributed by atoms with Gasteiger partial charge in [-0.05, 0) is 80.4 Å². The van der Waals surface area contributed by atoms with Gasteiger partial charge in [-0.1, -0.05) is 12.1 Å². The van der Waals surface area contributed by atoms with Crippen molar-refractivity contribution >= 4 is 6.09 Å². The molecule has 1 amide bonds. The fourth-order valence-electron chi connectivity index (χ4n) is 8.10. The maximum atomic E-state index is 12.6. The maximum Gasteiger partial charge on any atom is 0.415 e. The zero-order valence-electron chi connectivity index (χ0n) is 19.9. The monoisotopic (exact) mass is 468 g/mol. The van der Waals surface area contributed by atoms with Crippen LogP contribution in [0, 0.1) is 23.7 Å². The molecule has 0 radical (unpaired) electrons. The highest BCUT2D eigenvalue weighted by Crippen LogP contribution is 2.64. The van der Waals surface area contributed by atoms with Gasteiger partial charge in [0.25, 0.3) is 0 Å². The van der Waals surface area contributed by atoms with Gasteiger partial charge in [-0.2, -0.15) is 9.78 Å². The average Bonchev–Trinajstić information content (AvgIpc) is 3.22. The molecular weight excluding hydrogens is 432 g/mol. The molecule has 8 rings (SSSR count). The summed E-state index contributed by atoms with van der Waals surface area (Å²) >= 11 is 0. The van der Waals surface area contributed by atoms with Gasteiger partial charge in [0.1, 0.15) is 5.75 Å². The summed E-state index contributed by atoms with van der Waals surface area (Å²) in [5.74, 6) is 2.43. The van der Waals surface area contributed by atoms with E-state index in [0.717, 1.165) is 50.6 Å². The molecule has 184 valence electrons. The van der Waals surface area contributed by atoms with E-state index in [0.29, 0.717) is 36.6 Å². The highest BCUT2D eigenvalue weighted by Gasteiger charge is 2.67. The zero-order chi connectivity index (χ0) is 22.8. The van der Waals surface area contributed by atoms with Crippen LogP contribution in [0.2, 0.25) is 0 Å². The summed E-state index contributed by atoms with van der Waals surface area (Å²) in [6, 6.07) is 8.03. The Kier molecular flexibility index (Phi) is 5.20. The Morgan fingerprint density at radius 2 is 1.79 bits per heavy atom. The van der Waals surface area contributed by atoms with Crippen LogP contribution < -0.4 is 10.1 Å². The molecule has 1 aromatic rings. The predicted molar refractivity (Wildman–Crippen MR) is 124 cm³/mol. The van der Waals surface area contributed by atoms with E-state index >= 15 is 0 Å². The molecule has 5 saturated carbocycles. The maximum absolute atomic E-state index is 12.6. The summed E-state index contributed by atoms with van der Waals surface area (Å²) in [6.07, 6.45) is 9.86. The topological polar surface area (TPSA) is 69.3 Å². The van der Waals surface area contributed by atoms with Gasteiger partial charge in [0.2, 0.25) is 11.6 Å². The fourth-order valence-corrected chi connectivity index (χ4v) is 8.10. The average molecular weight is 469 g/mol. The zero-order valence-corrected chi connectivity index (χ0v) is 19.9. The van der Waals surface area contributed by atoms with Gasteiger partial charge in [0, 0.05) is 50.9 Å². The summed E-state index contributed by atoms with van der Waals surface area (Å²) in [6.45, 7) is 2.99. The Bertz CT molecular complexity index is 919. The molecular formula is C27H36N2O5. The van der Waals surface area contributed by atoms with Gasteiger partial charge in [-0.25, -0.2) is 4.79 Å². The smallest absolute Gasteiger partial charge is 0.410 e. The minimum absolute atomic E-state index is 0.265. The Labute approximate surface area is 201 Å². The third-order valence-electron chi connectivity index (χ3n) is 9.52. The van der Waals surface area contributed by atoms with Crippen LogP contribution in [-0.4, -0.2) is 48.7 Å². The molecule has 2 spiro atoms. The third-order valence-corrected chi connectivity index (χ3v) is 9.52. The van der Waals surface area contributed by atoms with E-state index in [1.807, 2.05) is 18.2 Å². The first-order chi connectivity index (χ1) is 16.6. The van der Waals surface area contributed by atoms with E-state index in [2.05, 4.69) is 11.4 Å². The number of hydrogen-bond acceptors (Lipinski definition) is 6. The van der Waals surface area contributed by atoms with Crippen molar-refractivity contribution < 1.29 is 24.0 Å². The fraction of sp³-hybridized carbons (Fsp3) is 0.741. The van der Waals surface area contributed by atoms with Gasteiger partial charge in [-0.3, -0.25) is 0 Å². The Morgan fingerprint density at radius 1 is 1.03 bits per heavy atom. The van der Waals surface area contributed by atoms with E-state index in [4.69, 9.17) is 19.2 Å². The summed E-state index contributed by atoms with van der Waals surface area (Å²) < 4.78 is 12.7. The number of benzene rings is 1. The summed E-state index contributed by atoms with van der Waals surface area (Å²) in [7, 11) is 0. The van der Waals surface area contributed by atoms with Crippen molar-refractivity contribution in [3.63, 3.8) is 0 Å². The normalized spacial score (nSPS) is 43.1. The van der Waals surface area contributed by atoms with Crippen LogP contribution in [-0.2, 0) is 14.5 Å². The Morgan fingerprint density at radius 3 is 2.56 bits per heavy atom. The SMILES string of the molecule is O=C(Oc1cccc([C@@H]2CCC[C@]3(C2)OOC2(O3)C3CC4CC(C3)CC2C4)c1)N1CCNCC1. The standard InChI is InChI=1S/C27H36N2O5/c30-25(29-9-7-28-8-10-29)31-24-5-1-3-20(16-24)21-4-2-6-26(17-21)32-27(34-33-26)22-12-18-11-19(14-22)15-23(27)13-18/h1,3,5,16,18-19,21-23,28H,2,4,6-15,17H2/t18?,19?,21-,22?,23?,26-,27?/m1/s1. The van der Waals surface area contributed by atoms with Crippen molar-refractivity contribution in [3.8, 4) is 5.75 Å². The highest BCUT2D eigenvalue weighted by atomic mass is 17.3. The van der Waals surface area contributed by atoms with E-state index in [1.54, 1.807) is 4.90 Å². The first-order valence-electron chi connectivity index (χ1n) is 13.5. The first kappa shape index (κ1) is 21.6. The minimum Gasteiger partial charge on any atom is -0.410 e. The Hall–Kier alpha value is -1.67. The van der Waals surface area contributed by atoms with Crippen LogP contribution in [0.4, 0.5) is 4.79 Å². The van der Waals surface area contributed by atoms with Crippen LogP contribution in [0.3, 0.4) is 0 Å². The molecule has 2 heterocycles. The van der Waals surface area contributed by atoms with Crippen LogP contribution in [0.5, 0.6) is 5.75 Å². The van der Waals surface area contributed by atoms with Gasteiger partial charge in [0.05, 0.1) is 0 Å². The quantitative estimate of drug-likeness (QED) is 0.641. The molecule has 0 unspecified atom stereocenters. The van der Waals surface area contributed by atoms with Gasteiger partial charge in [-0.15, -0.1) is 0 Å². The number of hydrogen-bond donors (Lipinski definition) is 1. The highest BCUT2D eigenvalue weighted by molar-refractivity contribution is 5.70. The second-order valence-electron chi connectivity index (χ2n) is 11.7. The number of carbonyl (C=O) groups is 1. The van der Waals surface area contributed by atoms with E-state index < -0.39 is 11.6 Å². The number of amides is 1. The van der Waals surface area contributed by atoms with E-state index in [1.165, 1.54) is 37.7 Å².